The predicted octanol–water partition coefficient (Wildman–Crippen LogP) is 0.0137. The van der Waals surface area contributed by atoms with Crippen LogP contribution in [0.4, 0.5) is 0 Å². The average Bonchev–Trinajstić information content (AvgIpc) is 2.18. The van der Waals surface area contributed by atoms with Gasteiger partial charge in [-0.25, -0.2) is 0 Å². The van der Waals surface area contributed by atoms with Crippen molar-refractivity contribution in [2.75, 3.05) is 0 Å². The normalized spacial score (nSPS) is 14.8. The Kier molecular flexibility index (Phi) is 6.10. The summed E-state index contributed by atoms with van der Waals surface area (Å²) in [6, 6.07) is 0. The Balaban J connectivity index is 6.33. The van der Waals surface area contributed by atoms with Crippen molar-refractivity contribution in [3.63, 3.8) is 0 Å². The molecule has 12 heteroatoms. The molecule has 0 aliphatic rings. The first kappa shape index (κ1) is 19.2. The molecule has 20 heavy (non-hydrogen) atoms. The maximum absolute atomic E-state index is 11.6. The van der Waals surface area contributed by atoms with Gasteiger partial charge in [0.05, 0.1) is 12.3 Å². The van der Waals surface area contributed by atoms with Gasteiger partial charge in [-0.3, -0.25) is 18.7 Å². The van der Waals surface area contributed by atoms with E-state index in [1.54, 1.807) is 0 Å². The van der Waals surface area contributed by atoms with Crippen LogP contribution in [0.2, 0.25) is 0 Å². The van der Waals surface area contributed by atoms with Crippen LogP contribution in [0.15, 0.2) is 0 Å². The van der Waals surface area contributed by atoms with Gasteiger partial charge < -0.3 is 29.8 Å². The molecule has 0 aromatic rings. The van der Waals surface area contributed by atoms with Gasteiger partial charge in [-0.05, 0) is 6.42 Å². The minimum Gasteiger partial charge on any atom is -0.481 e. The highest BCUT2D eigenvalue weighted by molar-refractivity contribution is 7.72. The topological polar surface area (TPSA) is 190 Å². The monoisotopic (exact) mass is 334 g/mol. The zero-order valence-corrected chi connectivity index (χ0v) is 12.2. The molecule has 0 rings (SSSR count). The summed E-state index contributed by atoms with van der Waals surface area (Å²) in [6.45, 7) is 1.33. The van der Waals surface area contributed by atoms with E-state index in [2.05, 4.69) is 0 Å². The van der Waals surface area contributed by atoms with Crippen molar-refractivity contribution in [2.24, 2.45) is 5.92 Å². The second-order valence-corrected chi connectivity index (χ2v) is 8.33. The van der Waals surface area contributed by atoms with Gasteiger partial charge in [0.25, 0.3) is 0 Å². The summed E-state index contributed by atoms with van der Waals surface area (Å²) in [6.07, 6.45) is -2.29. The fraction of sp³-hybridized carbons (Fsp3) is 0.750. The lowest BCUT2D eigenvalue weighted by molar-refractivity contribution is -0.149. The number of hydrogen-bond acceptors (Lipinski definition) is 4. The third-order valence-electron chi connectivity index (χ3n) is 2.86. The van der Waals surface area contributed by atoms with Crippen molar-refractivity contribution in [1.82, 2.24) is 0 Å². The summed E-state index contributed by atoms with van der Waals surface area (Å²) in [5.41, 5.74) is 0. The molecular weight excluding hydrogens is 318 g/mol. The summed E-state index contributed by atoms with van der Waals surface area (Å²) < 4.78 is 23.1. The van der Waals surface area contributed by atoms with Crippen LogP contribution in [-0.2, 0) is 18.7 Å². The van der Waals surface area contributed by atoms with Crippen molar-refractivity contribution in [2.45, 2.75) is 31.1 Å². The van der Waals surface area contributed by atoms with Crippen LogP contribution in [0.5, 0.6) is 0 Å². The van der Waals surface area contributed by atoms with Gasteiger partial charge in [-0.2, -0.15) is 0 Å². The molecule has 0 saturated heterocycles. The highest BCUT2D eigenvalue weighted by Gasteiger charge is 2.66. The quantitative estimate of drug-likeness (QED) is 0.330. The van der Waals surface area contributed by atoms with Crippen LogP contribution in [0, 0.1) is 5.92 Å². The second-order valence-electron chi connectivity index (χ2n) is 4.21. The Hall–Kier alpha value is -0.760. The van der Waals surface area contributed by atoms with E-state index in [1.807, 2.05) is 0 Å². The van der Waals surface area contributed by atoms with E-state index < -0.39 is 50.8 Å². The van der Waals surface area contributed by atoms with Crippen LogP contribution in [-0.4, -0.2) is 46.6 Å². The number of carboxylic acid groups (broad SMARTS) is 2. The summed E-state index contributed by atoms with van der Waals surface area (Å²) in [5.74, 6) is -6.14. The first-order chi connectivity index (χ1) is 8.81. The molecule has 10 nitrogen and oxygen atoms in total. The van der Waals surface area contributed by atoms with Crippen molar-refractivity contribution in [1.29, 1.82) is 0 Å². The lowest BCUT2D eigenvalue weighted by Gasteiger charge is -2.38. The van der Waals surface area contributed by atoms with Crippen molar-refractivity contribution >= 4 is 27.1 Å². The standard InChI is InChI=1S/C8H16O10P2/c1-2-3-8(19(13,14)15,20(16,17)18)5(7(11)12)4-6(9)10/h5H,2-4H2,1H3,(H,9,10)(H,11,12)(H2,13,14,15)(H2,16,17,18). The number of carbonyl (C=O) groups is 2. The Bertz CT molecular complexity index is 452. The number of carboxylic acids is 2. The van der Waals surface area contributed by atoms with E-state index in [0.29, 0.717) is 0 Å². The third kappa shape index (κ3) is 3.66. The van der Waals surface area contributed by atoms with Gasteiger partial charge >= 0.3 is 27.1 Å². The van der Waals surface area contributed by atoms with Crippen LogP contribution in [0.25, 0.3) is 0 Å². The van der Waals surface area contributed by atoms with E-state index in [9.17, 15) is 38.3 Å². The summed E-state index contributed by atoms with van der Waals surface area (Å²) in [7, 11) is -11.2. The van der Waals surface area contributed by atoms with E-state index in [0.717, 1.165) is 0 Å². The summed E-state index contributed by atoms with van der Waals surface area (Å²) in [4.78, 5) is 55.7. The zero-order valence-electron chi connectivity index (χ0n) is 10.4. The fourth-order valence-electron chi connectivity index (χ4n) is 2.03. The van der Waals surface area contributed by atoms with Crippen LogP contribution in [0.1, 0.15) is 26.2 Å². The molecule has 0 fully saturated rings. The van der Waals surface area contributed by atoms with E-state index in [1.165, 1.54) is 6.92 Å². The molecule has 0 aliphatic carbocycles. The van der Waals surface area contributed by atoms with E-state index in [4.69, 9.17) is 10.2 Å². The maximum atomic E-state index is 11.6. The molecule has 0 radical (unpaired) electrons. The molecule has 0 spiro atoms. The molecule has 0 aromatic heterocycles. The van der Waals surface area contributed by atoms with Crippen molar-refractivity contribution in [3.05, 3.63) is 0 Å². The van der Waals surface area contributed by atoms with Gasteiger partial charge in [0, 0.05) is 0 Å². The number of hydrogen-bond donors (Lipinski definition) is 6. The molecule has 1 unspecified atom stereocenters. The SMILES string of the molecule is CCCC(C(CC(=O)O)C(=O)O)(P(=O)(O)O)P(=O)(O)O. The molecule has 6 N–H and O–H groups in total. The number of rotatable bonds is 8. The second kappa shape index (κ2) is 6.34. The molecule has 0 amide bonds. The van der Waals surface area contributed by atoms with Crippen molar-refractivity contribution < 1.29 is 48.5 Å². The lowest BCUT2D eigenvalue weighted by atomic mass is 9.97. The summed E-state index contributed by atoms with van der Waals surface area (Å²) in [5, 5.41) is 17.6. The smallest absolute Gasteiger partial charge is 0.344 e. The fourth-order valence-corrected chi connectivity index (χ4v) is 5.64. The summed E-state index contributed by atoms with van der Waals surface area (Å²) >= 11 is 0. The van der Waals surface area contributed by atoms with E-state index >= 15 is 0 Å². The third-order valence-corrected chi connectivity index (χ3v) is 7.51. The molecular formula is C8H16O10P2. The number of aliphatic carboxylic acids is 2. The minimum atomic E-state index is -5.62. The van der Waals surface area contributed by atoms with Gasteiger partial charge in [-0.15, -0.1) is 0 Å². The Morgan fingerprint density at radius 3 is 1.65 bits per heavy atom. The van der Waals surface area contributed by atoms with Gasteiger partial charge in [-0.1, -0.05) is 13.3 Å². The Morgan fingerprint density at radius 2 is 1.45 bits per heavy atom. The molecule has 0 bridgehead atoms. The molecule has 118 valence electrons. The van der Waals surface area contributed by atoms with Crippen LogP contribution in [0.3, 0.4) is 0 Å². The Labute approximate surface area is 113 Å². The highest BCUT2D eigenvalue weighted by Crippen LogP contribution is 2.74. The Morgan fingerprint density at radius 1 is 1.05 bits per heavy atom. The first-order valence-corrected chi connectivity index (χ1v) is 8.59. The molecule has 0 saturated carbocycles. The first-order valence-electron chi connectivity index (χ1n) is 5.37. The lowest BCUT2D eigenvalue weighted by Crippen LogP contribution is -2.43. The molecule has 0 heterocycles. The maximum Gasteiger partial charge on any atom is 0.344 e. The highest BCUT2D eigenvalue weighted by atomic mass is 31.2. The van der Waals surface area contributed by atoms with Crippen LogP contribution < -0.4 is 0 Å². The molecule has 1 atom stereocenters. The largest absolute Gasteiger partial charge is 0.481 e. The van der Waals surface area contributed by atoms with Gasteiger partial charge in [0.1, 0.15) is 0 Å². The van der Waals surface area contributed by atoms with Crippen LogP contribution >= 0.6 is 15.2 Å². The van der Waals surface area contributed by atoms with Gasteiger partial charge in [0.15, 0.2) is 4.90 Å². The minimum absolute atomic E-state index is 0.153. The van der Waals surface area contributed by atoms with Gasteiger partial charge in [0.2, 0.25) is 0 Å². The van der Waals surface area contributed by atoms with Crippen molar-refractivity contribution in [3.8, 4) is 0 Å². The average molecular weight is 334 g/mol. The molecule has 0 aromatic carbocycles. The molecule has 0 aliphatic heterocycles. The predicted molar refractivity (Wildman–Crippen MR) is 65.1 cm³/mol. The van der Waals surface area contributed by atoms with E-state index in [-0.39, 0.29) is 6.42 Å². The zero-order chi connectivity index (χ0) is 16.4.